The van der Waals surface area contributed by atoms with Crippen molar-refractivity contribution in [1.29, 1.82) is 0 Å². The number of amides is 1. The first-order valence-corrected chi connectivity index (χ1v) is 7.69. The maximum Gasteiger partial charge on any atom is 0.270 e. The number of ether oxygens (including phenoxy) is 1. The summed E-state index contributed by atoms with van der Waals surface area (Å²) in [7, 11) is 1.62. The number of carbonyl (C=O) groups is 1. The third-order valence-electron chi connectivity index (χ3n) is 3.13. The van der Waals surface area contributed by atoms with Crippen molar-refractivity contribution in [2.75, 3.05) is 12.4 Å². The van der Waals surface area contributed by atoms with E-state index in [1.807, 2.05) is 31.2 Å². The summed E-state index contributed by atoms with van der Waals surface area (Å²) in [4.78, 5) is 25.3. The Kier molecular flexibility index (Phi) is 4.29. The van der Waals surface area contributed by atoms with Crippen LogP contribution in [0, 0.1) is 6.92 Å². The molecule has 2 aromatic heterocycles. The fourth-order valence-corrected chi connectivity index (χ4v) is 2.95. The second-order valence-corrected chi connectivity index (χ2v) is 5.69. The molecule has 0 radical (unpaired) electrons. The lowest BCUT2D eigenvalue weighted by Crippen LogP contribution is -2.13. The minimum atomic E-state index is -0.258. The van der Waals surface area contributed by atoms with Gasteiger partial charge < -0.3 is 4.74 Å². The molecule has 0 aliphatic carbocycles. The van der Waals surface area contributed by atoms with E-state index < -0.39 is 0 Å². The first kappa shape index (κ1) is 15.1. The number of aryl methyl sites for hydroxylation is 1. The zero-order valence-corrected chi connectivity index (χ0v) is 13.4. The van der Waals surface area contributed by atoms with Crippen LogP contribution in [0.3, 0.4) is 0 Å². The highest BCUT2D eigenvalue weighted by Crippen LogP contribution is 2.29. The molecule has 1 amide bonds. The minimum absolute atomic E-state index is 0.258. The molecule has 0 saturated heterocycles. The van der Waals surface area contributed by atoms with E-state index in [1.54, 1.807) is 25.6 Å². The lowest BCUT2D eigenvalue weighted by molar-refractivity contribution is 0.102. The highest BCUT2D eigenvalue weighted by molar-refractivity contribution is 7.17. The van der Waals surface area contributed by atoms with E-state index in [2.05, 4.69) is 20.3 Å². The van der Waals surface area contributed by atoms with Crippen molar-refractivity contribution in [2.45, 2.75) is 6.92 Å². The Bertz CT molecular complexity index is 816. The molecule has 7 heteroatoms. The van der Waals surface area contributed by atoms with Crippen LogP contribution in [0.2, 0.25) is 0 Å². The lowest BCUT2D eigenvalue weighted by atomic mass is 10.2. The summed E-state index contributed by atoms with van der Waals surface area (Å²) >= 11 is 1.33. The number of anilines is 1. The number of methoxy groups -OCH3 is 1. The van der Waals surface area contributed by atoms with Gasteiger partial charge in [0.2, 0.25) is 5.95 Å². The van der Waals surface area contributed by atoms with Crippen LogP contribution in [-0.2, 0) is 0 Å². The van der Waals surface area contributed by atoms with Crippen LogP contribution in [0.4, 0.5) is 5.95 Å². The van der Waals surface area contributed by atoms with Crippen LogP contribution >= 0.6 is 11.3 Å². The van der Waals surface area contributed by atoms with Gasteiger partial charge in [0, 0.05) is 18.0 Å². The van der Waals surface area contributed by atoms with Crippen LogP contribution in [0.25, 0.3) is 10.6 Å². The molecule has 0 fully saturated rings. The molecule has 1 N–H and O–H groups in total. The normalized spacial score (nSPS) is 10.3. The molecule has 0 bridgehead atoms. The molecule has 0 atom stereocenters. The van der Waals surface area contributed by atoms with E-state index in [0.717, 1.165) is 16.3 Å². The summed E-state index contributed by atoms with van der Waals surface area (Å²) in [5, 5.41) is 3.45. The van der Waals surface area contributed by atoms with E-state index in [1.165, 1.54) is 11.3 Å². The van der Waals surface area contributed by atoms with Gasteiger partial charge >= 0.3 is 0 Å². The number of nitrogens with zero attached hydrogens (tertiary/aromatic N) is 3. The minimum Gasteiger partial charge on any atom is -0.497 e. The molecular formula is C16H14N4O2S. The van der Waals surface area contributed by atoms with E-state index in [-0.39, 0.29) is 11.9 Å². The molecule has 2 heterocycles. The van der Waals surface area contributed by atoms with E-state index in [9.17, 15) is 4.79 Å². The van der Waals surface area contributed by atoms with Crippen molar-refractivity contribution in [3.8, 4) is 16.3 Å². The first-order chi connectivity index (χ1) is 11.2. The van der Waals surface area contributed by atoms with Gasteiger partial charge in [0.15, 0.2) is 0 Å². The van der Waals surface area contributed by atoms with Crippen molar-refractivity contribution >= 4 is 23.2 Å². The standard InChI is InChI=1S/C16H14N4O2S/c1-10-13(14(21)20-16-17-8-3-9-18-16)23-15(19-10)11-4-6-12(22-2)7-5-11/h3-9H,1-2H3,(H,17,18,20,21). The van der Waals surface area contributed by atoms with Crippen molar-refractivity contribution in [2.24, 2.45) is 0 Å². The molecule has 23 heavy (non-hydrogen) atoms. The lowest BCUT2D eigenvalue weighted by Gasteiger charge is -2.01. The second-order valence-electron chi connectivity index (χ2n) is 4.69. The summed E-state index contributed by atoms with van der Waals surface area (Å²) in [5.74, 6) is 0.795. The topological polar surface area (TPSA) is 77.0 Å². The largest absolute Gasteiger partial charge is 0.497 e. The van der Waals surface area contributed by atoms with Crippen LogP contribution in [-0.4, -0.2) is 28.0 Å². The van der Waals surface area contributed by atoms with Gasteiger partial charge in [-0.15, -0.1) is 11.3 Å². The van der Waals surface area contributed by atoms with Gasteiger partial charge in [-0.25, -0.2) is 15.0 Å². The monoisotopic (exact) mass is 326 g/mol. The Balaban J connectivity index is 1.84. The van der Waals surface area contributed by atoms with Gasteiger partial charge in [-0.05, 0) is 37.3 Å². The number of aromatic nitrogens is 3. The molecular weight excluding hydrogens is 312 g/mol. The highest BCUT2D eigenvalue weighted by atomic mass is 32.1. The Labute approximate surface area is 137 Å². The Morgan fingerprint density at radius 1 is 1.17 bits per heavy atom. The van der Waals surface area contributed by atoms with Crippen LogP contribution in [0.1, 0.15) is 15.4 Å². The molecule has 0 saturated carbocycles. The number of hydrogen-bond donors (Lipinski definition) is 1. The van der Waals surface area contributed by atoms with Crippen molar-refractivity contribution in [3.63, 3.8) is 0 Å². The Hall–Kier alpha value is -2.80. The van der Waals surface area contributed by atoms with Gasteiger partial charge in [-0.2, -0.15) is 0 Å². The summed E-state index contributed by atoms with van der Waals surface area (Å²) in [6, 6.07) is 9.25. The summed E-state index contributed by atoms with van der Waals surface area (Å²) < 4.78 is 5.14. The van der Waals surface area contributed by atoms with Crippen molar-refractivity contribution in [3.05, 3.63) is 53.3 Å². The van der Waals surface area contributed by atoms with E-state index in [4.69, 9.17) is 4.74 Å². The summed E-state index contributed by atoms with van der Waals surface area (Å²) in [6.45, 7) is 1.81. The average molecular weight is 326 g/mol. The van der Waals surface area contributed by atoms with Gasteiger partial charge in [-0.3, -0.25) is 10.1 Å². The van der Waals surface area contributed by atoms with E-state index in [0.29, 0.717) is 10.6 Å². The predicted octanol–water partition coefficient (Wildman–Crippen LogP) is 3.17. The molecule has 3 aromatic rings. The molecule has 0 aliphatic heterocycles. The van der Waals surface area contributed by atoms with E-state index >= 15 is 0 Å². The SMILES string of the molecule is COc1ccc(-c2nc(C)c(C(=O)Nc3ncccn3)s2)cc1. The smallest absolute Gasteiger partial charge is 0.270 e. The molecule has 0 unspecified atom stereocenters. The third-order valence-corrected chi connectivity index (χ3v) is 4.34. The quantitative estimate of drug-likeness (QED) is 0.797. The van der Waals surface area contributed by atoms with Crippen LogP contribution in [0.15, 0.2) is 42.7 Å². The maximum atomic E-state index is 12.3. The van der Waals surface area contributed by atoms with Crippen molar-refractivity contribution < 1.29 is 9.53 Å². The molecule has 0 spiro atoms. The van der Waals surface area contributed by atoms with Crippen molar-refractivity contribution in [1.82, 2.24) is 15.0 Å². The number of nitrogens with one attached hydrogen (secondary N) is 1. The average Bonchev–Trinajstić information content (AvgIpc) is 2.98. The number of rotatable bonds is 4. The third kappa shape index (κ3) is 3.35. The molecule has 116 valence electrons. The summed E-state index contributed by atoms with van der Waals surface area (Å²) in [6.07, 6.45) is 3.15. The van der Waals surface area contributed by atoms with Crippen LogP contribution in [0.5, 0.6) is 5.75 Å². The van der Waals surface area contributed by atoms with Gasteiger partial charge in [0.1, 0.15) is 15.6 Å². The van der Waals surface area contributed by atoms with Crippen LogP contribution < -0.4 is 10.1 Å². The zero-order valence-electron chi connectivity index (χ0n) is 12.6. The Morgan fingerprint density at radius 2 is 1.87 bits per heavy atom. The molecule has 1 aromatic carbocycles. The number of carbonyl (C=O) groups excluding carboxylic acids is 1. The summed E-state index contributed by atoms with van der Waals surface area (Å²) in [5.41, 5.74) is 1.61. The molecule has 6 nitrogen and oxygen atoms in total. The number of hydrogen-bond acceptors (Lipinski definition) is 6. The first-order valence-electron chi connectivity index (χ1n) is 6.87. The molecule has 0 aliphatic rings. The fraction of sp³-hybridized carbons (Fsp3) is 0.125. The number of thiazole rings is 1. The molecule has 3 rings (SSSR count). The van der Waals surface area contributed by atoms with Gasteiger partial charge in [-0.1, -0.05) is 0 Å². The predicted molar refractivity (Wildman–Crippen MR) is 88.8 cm³/mol. The Morgan fingerprint density at radius 3 is 2.52 bits per heavy atom. The van der Waals surface area contributed by atoms with Gasteiger partial charge in [0.25, 0.3) is 5.91 Å². The fourth-order valence-electron chi connectivity index (χ4n) is 1.99. The number of benzene rings is 1. The highest BCUT2D eigenvalue weighted by Gasteiger charge is 2.17. The maximum absolute atomic E-state index is 12.3. The van der Waals surface area contributed by atoms with Gasteiger partial charge in [0.05, 0.1) is 12.8 Å². The zero-order chi connectivity index (χ0) is 16.2. The second kappa shape index (κ2) is 6.53.